The number of nitrogens with one attached hydrogen (secondary N) is 1. The van der Waals surface area contributed by atoms with Crippen molar-refractivity contribution in [3.63, 3.8) is 0 Å². The Labute approximate surface area is 122 Å². The lowest BCUT2D eigenvalue weighted by Gasteiger charge is -2.40. The molecule has 1 aliphatic carbocycles. The van der Waals surface area contributed by atoms with Crippen LogP contribution >= 0.6 is 23.4 Å². The zero-order valence-corrected chi connectivity index (χ0v) is 12.4. The summed E-state index contributed by atoms with van der Waals surface area (Å²) in [5.74, 6) is 0. The molecule has 0 bridgehead atoms. The van der Waals surface area contributed by atoms with E-state index >= 15 is 0 Å². The molecular formula is C13H17ClN2O2S. The number of hydrogen-bond donors (Lipinski definition) is 1. The van der Waals surface area contributed by atoms with E-state index in [2.05, 4.69) is 11.6 Å². The number of benzene rings is 1. The van der Waals surface area contributed by atoms with Gasteiger partial charge in [-0.05, 0) is 25.2 Å². The van der Waals surface area contributed by atoms with E-state index in [1.54, 1.807) is 12.1 Å². The van der Waals surface area contributed by atoms with Gasteiger partial charge in [0, 0.05) is 23.9 Å². The van der Waals surface area contributed by atoms with Gasteiger partial charge in [-0.1, -0.05) is 24.1 Å². The van der Waals surface area contributed by atoms with Crippen LogP contribution in [0.5, 0.6) is 0 Å². The van der Waals surface area contributed by atoms with Crippen LogP contribution in [0.1, 0.15) is 24.8 Å². The van der Waals surface area contributed by atoms with Crippen LogP contribution in [0.25, 0.3) is 0 Å². The summed E-state index contributed by atoms with van der Waals surface area (Å²) in [7, 11) is 0. The minimum Gasteiger partial charge on any atom is -0.311 e. The highest BCUT2D eigenvalue weighted by atomic mass is 35.5. The molecule has 0 amide bonds. The third kappa shape index (κ3) is 3.22. The summed E-state index contributed by atoms with van der Waals surface area (Å²) < 4.78 is 0.316. The highest BCUT2D eigenvalue weighted by Crippen LogP contribution is 2.42. The van der Waals surface area contributed by atoms with Crippen LogP contribution in [0.15, 0.2) is 18.2 Å². The maximum Gasteiger partial charge on any atom is 0.275 e. The maximum atomic E-state index is 11.0. The molecule has 0 atom stereocenters. The van der Waals surface area contributed by atoms with E-state index < -0.39 is 0 Å². The number of nitrogens with zero attached hydrogens (tertiary/aromatic N) is 1. The first kappa shape index (κ1) is 14.6. The average Bonchev–Trinajstić information content (AvgIpc) is 2.34. The van der Waals surface area contributed by atoms with Crippen molar-refractivity contribution in [3.8, 4) is 0 Å². The molecule has 0 aliphatic heterocycles. The Morgan fingerprint density at radius 1 is 1.53 bits per heavy atom. The molecule has 2 rings (SSSR count). The first-order valence-electron chi connectivity index (χ1n) is 6.26. The van der Waals surface area contributed by atoms with E-state index in [-0.39, 0.29) is 10.6 Å². The second-order valence-electron chi connectivity index (χ2n) is 4.84. The van der Waals surface area contributed by atoms with Gasteiger partial charge in [0.05, 0.1) is 15.5 Å². The van der Waals surface area contributed by atoms with E-state index in [0.717, 1.165) is 6.54 Å². The quantitative estimate of drug-likeness (QED) is 0.644. The van der Waals surface area contributed by atoms with Gasteiger partial charge < -0.3 is 5.32 Å². The van der Waals surface area contributed by atoms with Crippen molar-refractivity contribution in [1.29, 1.82) is 0 Å². The highest BCUT2D eigenvalue weighted by Gasteiger charge is 2.35. The Bertz CT molecular complexity index is 472. The molecule has 1 fully saturated rings. The Kier molecular flexibility index (Phi) is 4.71. The van der Waals surface area contributed by atoms with Crippen LogP contribution in [0.3, 0.4) is 0 Å². The van der Waals surface area contributed by atoms with Gasteiger partial charge in [-0.3, -0.25) is 10.1 Å². The van der Waals surface area contributed by atoms with E-state index in [9.17, 15) is 10.1 Å². The second kappa shape index (κ2) is 6.11. The summed E-state index contributed by atoms with van der Waals surface area (Å²) in [6.07, 6.45) is 5.82. The molecule has 1 aromatic rings. The number of halogens is 1. The van der Waals surface area contributed by atoms with E-state index in [1.807, 2.05) is 11.8 Å². The maximum absolute atomic E-state index is 11.0. The van der Waals surface area contributed by atoms with Crippen molar-refractivity contribution in [2.75, 3.05) is 12.8 Å². The van der Waals surface area contributed by atoms with Gasteiger partial charge in [0.15, 0.2) is 0 Å². The standard InChI is InChI=1S/C13H17ClN2O2S/c1-19-13(6-3-7-13)9-15-8-10-11(14)4-2-5-12(10)16(17)18/h2,4-5,15H,3,6-9H2,1H3. The fraction of sp³-hybridized carbons (Fsp3) is 0.538. The molecule has 0 radical (unpaired) electrons. The van der Waals surface area contributed by atoms with Gasteiger partial charge in [0.25, 0.3) is 5.69 Å². The Hall–Kier alpha value is -0.780. The average molecular weight is 301 g/mol. The fourth-order valence-electron chi connectivity index (χ4n) is 2.33. The zero-order chi connectivity index (χ0) is 13.9. The lowest BCUT2D eigenvalue weighted by Crippen LogP contribution is -2.43. The molecule has 1 aliphatic rings. The van der Waals surface area contributed by atoms with Crippen LogP contribution in [0, 0.1) is 10.1 Å². The van der Waals surface area contributed by atoms with Gasteiger partial charge in [-0.25, -0.2) is 0 Å². The SMILES string of the molecule is CSC1(CNCc2c(Cl)cccc2[N+](=O)[O-])CCC1. The van der Waals surface area contributed by atoms with E-state index in [1.165, 1.54) is 25.3 Å². The van der Waals surface area contributed by atoms with Gasteiger partial charge in [-0.15, -0.1) is 0 Å². The van der Waals surface area contributed by atoms with E-state index in [0.29, 0.717) is 21.9 Å². The molecule has 1 aromatic carbocycles. The summed E-state index contributed by atoms with van der Waals surface area (Å²) >= 11 is 7.94. The Morgan fingerprint density at radius 3 is 2.79 bits per heavy atom. The first-order valence-corrected chi connectivity index (χ1v) is 7.86. The van der Waals surface area contributed by atoms with Crippen molar-refractivity contribution >= 4 is 29.1 Å². The highest BCUT2D eigenvalue weighted by molar-refractivity contribution is 8.00. The molecule has 1 N–H and O–H groups in total. The number of thioether (sulfide) groups is 1. The third-order valence-corrected chi connectivity index (χ3v) is 5.51. The zero-order valence-electron chi connectivity index (χ0n) is 10.8. The monoisotopic (exact) mass is 300 g/mol. The molecular weight excluding hydrogens is 284 g/mol. The summed E-state index contributed by atoms with van der Waals surface area (Å²) in [5.41, 5.74) is 0.663. The topological polar surface area (TPSA) is 55.2 Å². The second-order valence-corrected chi connectivity index (χ2v) is 6.52. The van der Waals surface area contributed by atoms with Crippen molar-refractivity contribution in [2.45, 2.75) is 30.6 Å². The molecule has 0 unspecified atom stereocenters. The van der Waals surface area contributed by atoms with Gasteiger partial charge in [-0.2, -0.15) is 11.8 Å². The summed E-state index contributed by atoms with van der Waals surface area (Å²) in [5, 5.41) is 14.7. The van der Waals surface area contributed by atoms with E-state index in [4.69, 9.17) is 11.6 Å². The minimum atomic E-state index is -0.378. The molecule has 0 heterocycles. The Morgan fingerprint density at radius 2 is 2.26 bits per heavy atom. The van der Waals surface area contributed by atoms with Crippen LogP contribution in [-0.2, 0) is 6.54 Å². The molecule has 0 aromatic heterocycles. The van der Waals surface area contributed by atoms with Gasteiger partial charge in [0.1, 0.15) is 0 Å². The smallest absolute Gasteiger partial charge is 0.275 e. The number of nitro benzene ring substituents is 1. The molecule has 0 spiro atoms. The van der Waals surface area contributed by atoms with Crippen LogP contribution in [0.4, 0.5) is 5.69 Å². The number of nitro groups is 1. The van der Waals surface area contributed by atoms with Crippen molar-refractivity contribution in [3.05, 3.63) is 38.9 Å². The van der Waals surface area contributed by atoms with Gasteiger partial charge >= 0.3 is 0 Å². The minimum absolute atomic E-state index is 0.0896. The van der Waals surface area contributed by atoms with Crippen molar-refractivity contribution in [1.82, 2.24) is 5.32 Å². The van der Waals surface area contributed by atoms with Crippen LogP contribution < -0.4 is 5.32 Å². The molecule has 19 heavy (non-hydrogen) atoms. The summed E-state index contributed by atoms with van der Waals surface area (Å²) in [6.45, 7) is 1.31. The predicted octanol–water partition coefficient (Wildman–Crippen LogP) is 3.62. The molecule has 6 heteroatoms. The third-order valence-electron chi connectivity index (χ3n) is 3.74. The molecule has 104 valence electrons. The normalized spacial score (nSPS) is 16.9. The lowest BCUT2D eigenvalue weighted by molar-refractivity contribution is -0.385. The fourth-order valence-corrected chi connectivity index (χ4v) is 3.51. The Balaban J connectivity index is 2.01. The largest absolute Gasteiger partial charge is 0.311 e. The van der Waals surface area contributed by atoms with Crippen molar-refractivity contribution < 1.29 is 4.92 Å². The first-order chi connectivity index (χ1) is 9.08. The van der Waals surface area contributed by atoms with Gasteiger partial charge in [0.2, 0.25) is 0 Å². The predicted molar refractivity (Wildman–Crippen MR) is 79.9 cm³/mol. The molecule has 4 nitrogen and oxygen atoms in total. The summed E-state index contributed by atoms with van der Waals surface area (Å²) in [4.78, 5) is 10.6. The lowest BCUT2D eigenvalue weighted by atomic mass is 9.84. The molecule has 1 saturated carbocycles. The molecule has 0 saturated heterocycles. The van der Waals surface area contributed by atoms with Crippen molar-refractivity contribution in [2.24, 2.45) is 0 Å². The number of rotatable bonds is 6. The van der Waals surface area contributed by atoms with Crippen LogP contribution in [-0.4, -0.2) is 22.5 Å². The van der Waals surface area contributed by atoms with Crippen LogP contribution in [0.2, 0.25) is 5.02 Å². The number of hydrogen-bond acceptors (Lipinski definition) is 4. The summed E-state index contributed by atoms with van der Waals surface area (Å²) in [6, 6.07) is 4.80.